The van der Waals surface area contributed by atoms with Crippen LogP contribution in [-0.2, 0) is 9.53 Å². The number of ether oxygens (including phenoxy) is 1. The van der Waals surface area contributed by atoms with E-state index in [1.54, 1.807) is 31.2 Å². The van der Waals surface area contributed by atoms with Crippen molar-refractivity contribution in [1.29, 1.82) is 0 Å². The molecular weight excluding hydrogens is 256 g/mol. The van der Waals surface area contributed by atoms with Crippen molar-refractivity contribution >= 4 is 17.6 Å². The second-order valence-electron chi connectivity index (χ2n) is 4.79. The van der Waals surface area contributed by atoms with Gasteiger partial charge < -0.3 is 15.4 Å². The van der Waals surface area contributed by atoms with Crippen LogP contribution < -0.4 is 10.6 Å². The molecular formula is C15H20N2O3. The lowest BCUT2D eigenvalue weighted by molar-refractivity contribution is -0.118. The molecule has 5 heteroatoms. The van der Waals surface area contributed by atoms with E-state index in [1.807, 2.05) is 0 Å². The van der Waals surface area contributed by atoms with Crippen molar-refractivity contribution in [3.63, 3.8) is 0 Å². The maximum atomic E-state index is 12.1. The van der Waals surface area contributed by atoms with E-state index in [1.165, 1.54) is 0 Å². The summed E-state index contributed by atoms with van der Waals surface area (Å²) in [6.07, 6.45) is 3.03. The van der Waals surface area contributed by atoms with Crippen LogP contribution in [0.3, 0.4) is 0 Å². The Labute approximate surface area is 118 Å². The summed E-state index contributed by atoms with van der Waals surface area (Å²) in [7, 11) is 0. The van der Waals surface area contributed by atoms with Gasteiger partial charge in [0, 0.05) is 5.69 Å². The number of carbonyl (C=O) groups is 2. The Balaban J connectivity index is 2.00. The van der Waals surface area contributed by atoms with E-state index in [2.05, 4.69) is 10.6 Å². The molecule has 1 amide bonds. The van der Waals surface area contributed by atoms with Crippen LogP contribution in [0.5, 0.6) is 0 Å². The average Bonchev–Trinajstić information content (AvgIpc) is 2.48. The Bertz CT molecular complexity index is 482. The molecule has 0 unspecified atom stereocenters. The summed E-state index contributed by atoms with van der Waals surface area (Å²) < 4.78 is 4.94. The summed E-state index contributed by atoms with van der Waals surface area (Å²) in [5, 5.41) is 6.03. The number of benzene rings is 1. The minimum absolute atomic E-state index is 0.0503. The second kappa shape index (κ2) is 7.05. The summed E-state index contributed by atoms with van der Waals surface area (Å²) in [6, 6.07) is 6.67. The van der Waals surface area contributed by atoms with Crippen LogP contribution in [-0.4, -0.2) is 31.1 Å². The number of anilines is 1. The number of nitrogens with one attached hydrogen (secondary N) is 2. The quantitative estimate of drug-likeness (QED) is 0.825. The molecule has 2 N–H and O–H groups in total. The zero-order valence-electron chi connectivity index (χ0n) is 11.6. The highest BCUT2D eigenvalue weighted by molar-refractivity contribution is 5.97. The molecule has 108 valence electrons. The Morgan fingerprint density at radius 1 is 1.40 bits per heavy atom. The summed E-state index contributed by atoms with van der Waals surface area (Å²) in [4.78, 5) is 23.7. The van der Waals surface area contributed by atoms with Gasteiger partial charge in [0.15, 0.2) is 0 Å². The SMILES string of the molecule is CCOC(=O)c1cccc(NC(=O)[C@@H]2CCCCN2)c1. The Morgan fingerprint density at radius 3 is 2.95 bits per heavy atom. The van der Waals surface area contributed by atoms with E-state index >= 15 is 0 Å². The molecule has 0 aliphatic carbocycles. The van der Waals surface area contributed by atoms with Gasteiger partial charge in [-0.05, 0) is 44.5 Å². The van der Waals surface area contributed by atoms with Crippen molar-refractivity contribution in [2.75, 3.05) is 18.5 Å². The maximum Gasteiger partial charge on any atom is 0.338 e. The van der Waals surface area contributed by atoms with Gasteiger partial charge in [-0.3, -0.25) is 4.79 Å². The van der Waals surface area contributed by atoms with E-state index in [0.717, 1.165) is 25.8 Å². The highest BCUT2D eigenvalue weighted by atomic mass is 16.5. The van der Waals surface area contributed by atoms with Crippen molar-refractivity contribution in [2.24, 2.45) is 0 Å². The second-order valence-corrected chi connectivity index (χ2v) is 4.79. The van der Waals surface area contributed by atoms with Crippen LogP contribution in [0.25, 0.3) is 0 Å². The van der Waals surface area contributed by atoms with E-state index < -0.39 is 0 Å². The molecule has 1 heterocycles. The molecule has 2 rings (SSSR count). The molecule has 1 aromatic rings. The number of amides is 1. The lowest BCUT2D eigenvalue weighted by Gasteiger charge is -2.22. The van der Waals surface area contributed by atoms with Gasteiger partial charge in [0.1, 0.15) is 0 Å². The first kappa shape index (κ1) is 14.5. The summed E-state index contributed by atoms with van der Waals surface area (Å²) in [5.41, 5.74) is 1.06. The predicted octanol–water partition coefficient (Wildman–Crippen LogP) is 1.94. The van der Waals surface area contributed by atoms with Crippen molar-refractivity contribution in [3.05, 3.63) is 29.8 Å². The number of hydrogen-bond acceptors (Lipinski definition) is 4. The van der Waals surface area contributed by atoms with Crippen LogP contribution in [0.15, 0.2) is 24.3 Å². The van der Waals surface area contributed by atoms with E-state index in [9.17, 15) is 9.59 Å². The van der Waals surface area contributed by atoms with E-state index in [-0.39, 0.29) is 17.9 Å². The van der Waals surface area contributed by atoms with Gasteiger partial charge in [-0.15, -0.1) is 0 Å². The van der Waals surface area contributed by atoms with Gasteiger partial charge in [0.05, 0.1) is 18.2 Å². The number of esters is 1. The lowest BCUT2D eigenvalue weighted by Crippen LogP contribution is -2.43. The number of carbonyl (C=O) groups excluding carboxylic acids is 2. The lowest BCUT2D eigenvalue weighted by atomic mass is 10.0. The smallest absolute Gasteiger partial charge is 0.338 e. The predicted molar refractivity (Wildman–Crippen MR) is 76.7 cm³/mol. The van der Waals surface area contributed by atoms with Crippen molar-refractivity contribution in [2.45, 2.75) is 32.2 Å². The number of piperidine rings is 1. The zero-order chi connectivity index (χ0) is 14.4. The number of rotatable bonds is 4. The molecule has 1 atom stereocenters. The van der Waals surface area contributed by atoms with Crippen LogP contribution in [0.4, 0.5) is 5.69 Å². The van der Waals surface area contributed by atoms with E-state index in [0.29, 0.717) is 17.9 Å². The van der Waals surface area contributed by atoms with Crippen LogP contribution in [0.1, 0.15) is 36.5 Å². The average molecular weight is 276 g/mol. The fourth-order valence-electron chi connectivity index (χ4n) is 2.24. The molecule has 1 aliphatic rings. The first-order valence-electron chi connectivity index (χ1n) is 7.02. The van der Waals surface area contributed by atoms with Crippen molar-refractivity contribution < 1.29 is 14.3 Å². The molecule has 20 heavy (non-hydrogen) atoms. The molecule has 0 spiro atoms. The van der Waals surface area contributed by atoms with Crippen LogP contribution in [0.2, 0.25) is 0 Å². The zero-order valence-corrected chi connectivity index (χ0v) is 11.6. The first-order chi connectivity index (χ1) is 9.70. The van der Waals surface area contributed by atoms with Crippen LogP contribution in [0, 0.1) is 0 Å². The molecule has 1 aliphatic heterocycles. The van der Waals surface area contributed by atoms with Gasteiger partial charge in [0.2, 0.25) is 5.91 Å². The summed E-state index contributed by atoms with van der Waals surface area (Å²) in [5.74, 6) is -0.426. The van der Waals surface area contributed by atoms with Crippen molar-refractivity contribution in [3.8, 4) is 0 Å². The molecule has 1 saturated heterocycles. The standard InChI is InChI=1S/C15H20N2O3/c1-2-20-15(19)11-6-5-7-12(10-11)17-14(18)13-8-3-4-9-16-13/h5-7,10,13,16H,2-4,8-9H2,1H3,(H,17,18)/t13-/m0/s1. The minimum atomic E-state index is -0.376. The summed E-state index contributed by atoms with van der Waals surface area (Å²) in [6.45, 7) is 2.97. The third kappa shape index (κ3) is 3.81. The molecule has 0 aromatic heterocycles. The van der Waals surface area contributed by atoms with Crippen LogP contribution >= 0.6 is 0 Å². The fourth-order valence-corrected chi connectivity index (χ4v) is 2.24. The molecule has 0 bridgehead atoms. The Kier molecular flexibility index (Phi) is 5.12. The highest BCUT2D eigenvalue weighted by Gasteiger charge is 2.20. The monoisotopic (exact) mass is 276 g/mol. The molecule has 0 radical (unpaired) electrons. The summed E-state index contributed by atoms with van der Waals surface area (Å²) >= 11 is 0. The Morgan fingerprint density at radius 2 is 2.25 bits per heavy atom. The maximum absolute atomic E-state index is 12.1. The van der Waals surface area contributed by atoms with Gasteiger partial charge in [0.25, 0.3) is 0 Å². The molecule has 1 fully saturated rings. The molecule has 1 aromatic carbocycles. The fraction of sp³-hybridized carbons (Fsp3) is 0.467. The normalized spacial score (nSPS) is 18.4. The van der Waals surface area contributed by atoms with Gasteiger partial charge >= 0.3 is 5.97 Å². The third-order valence-electron chi connectivity index (χ3n) is 3.27. The first-order valence-corrected chi connectivity index (χ1v) is 7.02. The van der Waals surface area contributed by atoms with Crippen molar-refractivity contribution in [1.82, 2.24) is 5.32 Å². The Hall–Kier alpha value is -1.88. The van der Waals surface area contributed by atoms with Gasteiger partial charge in [-0.1, -0.05) is 12.5 Å². The third-order valence-corrected chi connectivity index (χ3v) is 3.27. The highest BCUT2D eigenvalue weighted by Crippen LogP contribution is 2.14. The minimum Gasteiger partial charge on any atom is -0.462 e. The van der Waals surface area contributed by atoms with Gasteiger partial charge in [-0.25, -0.2) is 4.79 Å². The van der Waals surface area contributed by atoms with Gasteiger partial charge in [-0.2, -0.15) is 0 Å². The van der Waals surface area contributed by atoms with E-state index in [4.69, 9.17) is 4.74 Å². The topological polar surface area (TPSA) is 67.4 Å². The molecule has 5 nitrogen and oxygen atoms in total. The number of hydrogen-bond donors (Lipinski definition) is 2. The molecule has 0 saturated carbocycles. The largest absolute Gasteiger partial charge is 0.462 e.